The van der Waals surface area contributed by atoms with E-state index in [1.165, 1.54) is 0 Å². The van der Waals surface area contributed by atoms with Gasteiger partial charge in [0.2, 0.25) is 0 Å². The highest BCUT2D eigenvalue weighted by molar-refractivity contribution is 6.09. The van der Waals surface area contributed by atoms with Gasteiger partial charge in [-0.2, -0.15) is 0 Å². The van der Waals surface area contributed by atoms with E-state index in [1.54, 1.807) is 4.57 Å². The fraction of sp³-hybridized carbons (Fsp3) is 0. The van der Waals surface area contributed by atoms with Crippen molar-refractivity contribution in [1.82, 2.24) is 4.57 Å². The number of fused-ring (bicyclic) bond motifs is 3. The van der Waals surface area contributed by atoms with E-state index in [2.05, 4.69) is 0 Å². The van der Waals surface area contributed by atoms with E-state index in [4.69, 9.17) is 12.3 Å². The zero-order valence-corrected chi connectivity index (χ0v) is 13.1. The zero-order chi connectivity index (χ0) is 24.5. The molecule has 5 aromatic rings. The predicted molar refractivity (Wildman–Crippen MR) is 106 cm³/mol. The molecule has 1 heteroatoms. The summed E-state index contributed by atoms with van der Waals surface area (Å²) in [5, 5.41) is 1.79. The lowest BCUT2D eigenvalue weighted by Gasteiger charge is -2.09. The quantitative estimate of drug-likeness (QED) is 0.351. The van der Waals surface area contributed by atoms with Crippen molar-refractivity contribution in [2.75, 3.05) is 0 Å². The van der Waals surface area contributed by atoms with Gasteiger partial charge in [-0.05, 0) is 35.3 Å². The summed E-state index contributed by atoms with van der Waals surface area (Å²) in [4.78, 5) is 0. The fourth-order valence-electron chi connectivity index (χ4n) is 3.08. The molecule has 0 fully saturated rings. The highest BCUT2D eigenvalue weighted by Crippen LogP contribution is 2.32. The Balaban J connectivity index is 1.92. The molecule has 0 aliphatic rings. The van der Waals surface area contributed by atoms with Gasteiger partial charge >= 0.3 is 0 Å². The molecule has 0 N–H and O–H groups in total. The third kappa shape index (κ3) is 2.25. The Labute approximate surface area is 159 Å². The van der Waals surface area contributed by atoms with Gasteiger partial charge in [0.05, 0.1) is 23.4 Å². The average Bonchev–Trinajstić information content (AvgIpc) is 3.17. The molecule has 0 saturated heterocycles. The van der Waals surface area contributed by atoms with Crippen LogP contribution in [0.3, 0.4) is 0 Å². The molecule has 0 unspecified atom stereocenters. The van der Waals surface area contributed by atoms with Crippen molar-refractivity contribution < 1.29 is 12.3 Å². The lowest BCUT2D eigenvalue weighted by atomic mass is 10.1. The van der Waals surface area contributed by atoms with Crippen molar-refractivity contribution in [2.24, 2.45) is 0 Å². The monoisotopic (exact) mass is 328 g/mol. The van der Waals surface area contributed by atoms with Crippen LogP contribution in [0.2, 0.25) is 0 Å². The van der Waals surface area contributed by atoms with Crippen LogP contribution in [0, 0.1) is 0 Å². The molecule has 0 aliphatic heterocycles. The van der Waals surface area contributed by atoms with E-state index in [-0.39, 0.29) is 28.9 Å². The van der Waals surface area contributed by atoms with Crippen LogP contribution in [-0.2, 0) is 0 Å². The molecule has 0 radical (unpaired) electrons. The summed E-state index contributed by atoms with van der Waals surface area (Å²) < 4.78 is 76.8. The molecule has 0 saturated carbocycles. The molecular formula is C24H17N. The first kappa shape index (κ1) is 7.71. The van der Waals surface area contributed by atoms with Crippen molar-refractivity contribution in [1.29, 1.82) is 0 Å². The molecule has 1 heterocycles. The number of benzene rings is 4. The molecule has 5 rings (SSSR count). The standard InChI is InChI=1S/C24H17N/c1-2-8-18(9-3-1)19-14-16-20(17-15-19)25-23-12-6-4-10-21(23)22-11-5-7-13-24(22)25/h1-17H/i1D,2D,3D,8D,9D,14D,15D,16D,17D. The van der Waals surface area contributed by atoms with Crippen LogP contribution in [0.25, 0.3) is 38.6 Å². The van der Waals surface area contributed by atoms with E-state index in [1.807, 2.05) is 48.5 Å². The second-order valence-electron chi connectivity index (χ2n) is 5.59. The minimum absolute atomic E-state index is 0.0310. The number of para-hydroxylation sites is 2. The fourth-order valence-corrected chi connectivity index (χ4v) is 3.08. The summed E-state index contributed by atoms with van der Waals surface area (Å²) >= 11 is 0. The maximum atomic E-state index is 8.78. The number of hydrogen-bond donors (Lipinski definition) is 0. The van der Waals surface area contributed by atoms with Gasteiger partial charge in [0.1, 0.15) is 0 Å². The largest absolute Gasteiger partial charge is 0.309 e. The Morgan fingerprint density at radius 2 is 1.08 bits per heavy atom. The van der Waals surface area contributed by atoms with Crippen molar-refractivity contribution >= 4 is 21.8 Å². The molecular weight excluding hydrogens is 302 g/mol. The van der Waals surface area contributed by atoms with Gasteiger partial charge in [0.15, 0.2) is 0 Å². The van der Waals surface area contributed by atoms with Crippen molar-refractivity contribution in [3.8, 4) is 16.8 Å². The zero-order valence-electron chi connectivity index (χ0n) is 22.1. The highest BCUT2D eigenvalue weighted by Gasteiger charge is 2.11. The van der Waals surface area contributed by atoms with Crippen LogP contribution in [-0.4, -0.2) is 4.57 Å². The maximum absolute atomic E-state index is 8.78. The topological polar surface area (TPSA) is 4.93 Å². The predicted octanol–water partition coefficient (Wildman–Crippen LogP) is 6.45. The van der Waals surface area contributed by atoms with Gasteiger partial charge in [0, 0.05) is 16.5 Å². The summed E-state index contributed by atoms with van der Waals surface area (Å²) in [5.41, 5.74) is 0.775. The Morgan fingerprint density at radius 3 is 1.68 bits per heavy atom. The second-order valence-corrected chi connectivity index (χ2v) is 5.59. The normalized spacial score (nSPS) is 16.2. The Morgan fingerprint density at radius 1 is 0.560 bits per heavy atom. The number of nitrogens with zero attached hydrogens (tertiary/aromatic N) is 1. The van der Waals surface area contributed by atoms with Crippen LogP contribution in [0.15, 0.2) is 103 Å². The lowest BCUT2D eigenvalue weighted by Crippen LogP contribution is -1.93. The van der Waals surface area contributed by atoms with E-state index < -0.39 is 42.3 Å². The first-order valence-electron chi connectivity index (χ1n) is 12.3. The molecule has 4 aromatic carbocycles. The van der Waals surface area contributed by atoms with Crippen LogP contribution in [0.4, 0.5) is 0 Å². The smallest absolute Gasteiger partial charge is 0.0645 e. The van der Waals surface area contributed by atoms with Crippen molar-refractivity contribution in [3.63, 3.8) is 0 Å². The summed E-state index contributed by atoms with van der Waals surface area (Å²) in [5.74, 6) is 0. The molecule has 0 atom stereocenters. The second kappa shape index (κ2) is 5.64. The summed E-state index contributed by atoms with van der Waals surface area (Å²) in [6, 6.07) is 10.3. The number of hydrogen-bond acceptors (Lipinski definition) is 0. The number of aromatic nitrogens is 1. The van der Waals surface area contributed by atoms with Crippen molar-refractivity contribution in [2.45, 2.75) is 0 Å². The SMILES string of the molecule is [2H]c1c([2H])c([2H])c(-c2c([2H])c([2H])c(-n3c4ccccc4c4ccccc43)c([2H])c2[2H])c([2H])c1[2H]. The molecule has 0 spiro atoms. The van der Waals surface area contributed by atoms with Crippen molar-refractivity contribution in [3.05, 3.63) is 103 Å². The molecule has 1 aromatic heterocycles. The van der Waals surface area contributed by atoms with E-state index in [0.29, 0.717) is 11.0 Å². The van der Waals surface area contributed by atoms with Gasteiger partial charge < -0.3 is 4.57 Å². The van der Waals surface area contributed by atoms with Gasteiger partial charge in [-0.25, -0.2) is 0 Å². The Kier molecular flexibility index (Phi) is 1.74. The van der Waals surface area contributed by atoms with Gasteiger partial charge in [-0.3, -0.25) is 0 Å². The van der Waals surface area contributed by atoms with Crippen LogP contribution < -0.4 is 0 Å². The van der Waals surface area contributed by atoms with Crippen LogP contribution in [0.5, 0.6) is 0 Å². The van der Waals surface area contributed by atoms with Gasteiger partial charge in [-0.15, -0.1) is 0 Å². The molecule has 0 amide bonds. The highest BCUT2D eigenvalue weighted by atomic mass is 15.0. The molecule has 0 aliphatic carbocycles. The average molecular weight is 328 g/mol. The minimum Gasteiger partial charge on any atom is -0.309 e. The first-order valence-corrected chi connectivity index (χ1v) is 7.83. The number of rotatable bonds is 2. The summed E-state index contributed by atoms with van der Waals surface area (Å²) in [6.07, 6.45) is 0. The van der Waals surface area contributed by atoms with Gasteiger partial charge in [0.25, 0.3) is 0 Å². The van der Waals surface area contributed by atoms with Crippen LogP contribution >= 0.6 is 0 Å². The molecule has 1 nitrogen and oxygen atoms in total. The molecule has 118 valence electrons. The minimum atomic E-state index is -0.598. The maximum Gasteiger partial charge on any atom is 0.0645 e. The van der Waals surface area contributed by atoms with E-state index in [0.717, 1.165) is 10.8 Å². The first-order chi connectivity index (χ1) is 16.2. The van der Waals surface area contributed by atoms with E-state index >= 15 is 0 Å². The third-order valence-electron chi connectivity index (χ3n) is 4.17. The van der Waals surface area contributed by atoms with Gasteiger partial charge in [-0.1, -0.05) is 78.7 Å². The third-order valence-corrected chi connectivity index (χ3v) is 4.17. The molecule has 25 heavy (non-hydrogen) atoms. The Bertz CT molecular complexity index is 1540. The lowest BCUT2D eigenvalue weighted by molar-refractivity contribution is 1.18. The van der Waals surface area contributed by atoms with E-state index in [9.17, 15) is 0 Å². The van der Waals surface area contributed by atoms with Crippen LogP contribution in [0.1, 0.15) is 12.3 Å². The Hall–Kier alpha value is -3.32. The summed E-state index contributed by atoms with van der Waals surface area (Å²) in [6.45, 7) is 0. The summed E-state index contributed by atoms with van der Waals surface area (Å²) in [7, 11) is 0. The molecule has 0 bridgehead atoms.